The first-order valence-corrected chi connectivity index (χ1v) is 8.54. The van der Waals surface area contributed by atoms with E-state index >= 15 is 0 Å². The van der Waals surface area contributed by atoms with Crippen LogP contribution in [0.25, 0.3) is 0 Å². The predicted molar refractivity (Wildman–Crippen MR) is 98.8 cm³/mol. The van der Waals surface area contributed by atoms with Crippen LogP contribution in [-0.2, 0) is 16.1 Å². The Morgan fingerprint density at radius 2 is 1.42 bits per heavy atom. The third kappa shape index (κ3) is 7.03. The van der Waals surface area contributed by atoms with Crippen molar-refractivity contribution in [2.75, 3.05) is 33.5 Å². The highest BCUT2D eigenvalue weighted by atomic mass is 16.5. The Labute approximate surface area is 154 Å². The molecule has 1 amide bonds. The summed E-state index contributed by atoms with van der Waals surface area (Å²) >= 11 is 0. The van der Waals surface area contributed by atoms with Gasteiger partial charge in [-0.25, -0.2) is 0 Å². The lowest BCUT2D eigenvalue weighted by Crippen LogP contribution is -2.28. The van der Waals surface area contributed by atoms with Gasteiger partial charge in [0.25, 0.3) is 5.91 Å². The van der Waals surface area contributed by atoms with Crippen molar-refractivity contribution in [3.8, 4) is 17.2 Å². The molecule has 0 radical (unpaired) electrons. The molecule has 0 heterocycles. The Kier molecular flexibility index (Phi) is 8.29. The van der Waals surface area contributed by atoms with Crippen molar-refractivity contribution in [2.24, 2.45) is 0 Å². The van der Waals surface area contributed by atoms with Crippen LogP contribution in [0.3, 0.4) is 0 Å². The van der Waals surface area contributed by atoms with Gasteiger partial charge in [-0.15, -0.1) is 0 Å². The number of nitrogens with one attached hydrogen (secondary N) is 1. The van der Waals surface area contributed by atoms with Gasteiger partial charge in [0.15, 0.2) is 6.61 Å². The van der Waals surface area contributed by atoms with E-state index in [9.17, 15) is 4.79 Å². The molecule has 26 heavy (non-hydrogen) atoms. The largest absolute Gasteiger partial charge is 0.494 e. The molecule has 6 nitrogen and oxygen atoms in total. The molecule has 0 atom stereocenters. The molecule has 1 N–H and O–H groups in total. The fourth-order valence-electron chi connectivity index (χ4n) is 2.15. The van der Waals surface area contributed by atoms with Crippen LogP contribution in [0.2, 0.25) is 0 Å². The Bertz CT molecular complexity index is 655. The molecule has 0 saturated heterocycles. The van der Waals surface area contributed by atoms with Crippen molar-refractivity contribution < 1.29 is 23.7 Å². The fourth-order valence-corrected chi connectivity index (χ4v) is 2.15. The number of methoxy groups -OCH3 is 1. The van der Waals surface area contributed by atoms with Crippen LogP contribution in [-0.4, -0.2) is 39.4 Å². The molecule has 2 aromatic carbocycles. The second-order valence-corrected chi connectivity index (χ2v) is 5.46. The molecule has 0 aliphatic carbocycles. The molecule has 0 spiro atoms. The molecule has 0 bridgehead atoms. The second kappa shape index (κ2) is 11.0. The standard InChI is InChI=1S/C20H25NO5/c1-3-24-17-8-10-19(11-9-17)26-15-20(22)21-14-16-4-6-18(7-5-16)25-13-12-23-2/h4-11H,3,12-15H2,1-2H3,(H,21,22). The van der Waals surface area contributed by atoms with Crippen molar-refractivity contribution in [1.82, 2.24) is 5.32 Å². The third-order valence-corrected chi connectivity index (χ3v) is 3.47. The van der Waals surface area contributed by atoms with Crippen LogP contribution >= 0.6 is 0 Å². The van der Waals surface area contributed by atoms with Gasteiger partial charge < -0.3 is 24.3 Å². The lowest BCUT2D eigenvalue weighted by Gasteiger charge is -2.09. The molecule has 6 heteroatoms. The zero-order valence-corrected chi connectivity index (χ0v) is 15.2. The molecule has 0 unspecified atom stereocenters. The fraction of sp³-hybridized carbons (Fsp3) is 0.350. The lowest BCUT2D eigenvalue weighted by molar-refractivity contribution is -0.123. The van der Waals surface area contributed by atoms with E-state index in [-0.39, 0.29) is 12.5 Å². The molecule has 0 saturated carbocycles. The van der Waals surface area contributed by atoms with Gasteiger partial charge in [0.1, 0.15) is 23.9 Å². The highest BCUT2D eigenvalue weighted by Gasteiger charge is 2.04. The quantitative estimate of drug-likeness (QED) is 0.625. The molecule has 2 aromatic rings. The van der Waals surface area contributed by atoms with Crippen LogP contribution < -0.4 is 19.5 Å². The van der Waals surface area contributed by atoms with Crippen molar-refractivity contribution in [2.45, 2.75) is 13.5 Å². The summed E-state index contributed by atoms with van der Waals surface area (Å²) in [5, 5.41) is 2.82. The highest BCUT2D eigenvalue weighted by molar-refractivity contribution is 5.77. The van der Waals surface area contributed by atoms with Gasteiger partial charge in [0, 0.05) is 13.7 Å². The minimum atomic E-state index is -0.181. The van der Waals surface area contributed by atoms with Gasteiger partial charge in [0.2, 0.25) is 0 Å². The smallest absolute Gasteiger partial charge is 0.258 e. The lowest BCUT2D eigenvalue weighted by atomic mass is 10.2. The molecule has 0 aliphatic rings. The Hall–Kier alpha value is -2.73. The summed E-state index contributed by atoms with van der Waals surface area (Å²) in [5.41, 5.74) is 0.985. The van der Waals surface area contributed by atoms with E-state index in [1.165, 1.54) is 0 Å². The minimum absolute atomic E-state index is 0.0355. The summed E-state index contributed by atoms with van der Waals surface area (Å²) in [6.07, 6.45) is 0. The second-order valence-electron chi connectivity index (χ2n) is 5.46. The minimum Gasteiger partial charge on any atom is -0.494 e. The first-order valence-electron chi connectivity index (χ1n) is 8.54. The first kappa shape index (κ1) is 19.6. The summed E-state index contributed by atoms with van der Waals surface area (Å²) < 4.78 is 21.3. The van der Waals surface area contributed by atoms with Gasteiger partial charge in [0.05, 0.1) is 13.2 Å². The van der Waals surface area contributed by atoms with E-state index in [0.717, 1.165) is 17.1 Å². The average Bonchev–Trinajstić information content (AvgIpc) is 2.67. The summed E-state index contributed by atoms with van der Waals surface area (Å²) in [6.45, 7) is 4.00. The van der Waals surface area contributed by atoms with Crippen LogP contribution in [0.1, 0.15) is 12.5 Å². The van der Waals surface area contributed by atoms with Crippen LogP contribution in [0.5, 0.6) is 17.2 Å². The van der Waals surface area contributed by atoms with E-state index in [1.54, 1.807) is 19.2 Å². The summed E-state index contributed by atoms with van der Waals surface area (Å²) in [5.74, 6) is 2.00. The predicted octanol–water partition coefficient (Wildman–Crippen LogP) is 2.81. The normalized spacial score (nSPS) is 10.2. The zero-order chi connectivity index (χ0) is 18.6. The van der Waals surface area contributed by atoms with Gasteiger partial charge >= 0.3 is 0 Å². The maximum absolute atomic E-state index is 11.9. The Morgan fingerprint density at radius 3 is 2.04 bits per heavy atom. The van der Waals surface area contributed by atoms with Gasteiger partial charge in [-0.2, -0.15) is 0 Å². The topological polar surface area (TPSA) is 66.0 Å². The zero-order valence-electron chi connectivity index (χ0n) is 15.2. The number of carbonyl (C=O) groups is 1. The molecule has 2 rings (SSSR count). The maximum Gasteiger partial charge on any atom is 0.258 e. The Balaban J connectivity index is 1.69. The number of benzene rings is 2. The number of carbonyl (C=O) groups excluding carboxylic acids is 1. The monoisotopic (exact) mass is 359 g/mol. The highest BCUT2D eigenvalue weighted by Crippen LogP contribution is 2.17. The summed E-state index contributed by atoms with van der Waals surface area (Å²) in [7, 11) is 1.63. The van der Waals surface area contributed by atoms with Gasteiger partial charge in [-0.05, 0) is 48.9 Å². The van der Waals surface area contributed by atoms with E-state index in [4.69, 9.17) is 18.9 Å². The summed E-state index contributed by atoms with van der Waals surface area (Å²) in [6, 6.07) is 14.7. The number of hydrogen-bond acceptors (Lipinski definition) is 5. The SMILES string of the molecule is CCOc1ccc(OCC(=O)NCc2ccc(OCCOC)cc2)cc1. The number of rotatable bonds is 11. The van der Waals surface area contributed by atoms with Crippen LogP contribution in [0.15, 0.2) is 48.5 Å². The van der Waals surface area contributed by atoms with Crippen molar-refractivity contribution in [3.05, 3.63) is 54.1 Å². The van der Waals surface area contributed by atoms with E-state index in [1.807, 2.05) is 43.3 Å². The van der Waals surface area contributed by atoms with Crippen molar-refractivity contribution in [1.29, 1.82) is 0 Å². The van der Waals surface area contributed by atoms with Crippen LogP contribution in [0, 0.1) is 0 Å². The van der Waals surface area contributed by atoms with Gasteiger partial charge in [-0.1, -0.05) is 12.1 Å². The maximum atomic E-state index is 11.9. The number of amides is 1. The summed E-state index contributed by atoms with van der Waals surface area (Å²) in [4.78, 5) is 11.9. The Morgan fingerprint density at radius 1 is 0.846 bits per heavy atom. The van der Waals surface area contributed by atoms with E-state index in [2.05, 4.69) is 5.32 Å². The molecule has 140 valence electrons. The first-order chi connectivity index (χ1) is 12.7. The molecule has 0 aromatic heterocycles. The average molecular weight is 359 g/mol. The molecular formula is C20H25NO5. The van der Waals surface area contributed by atoms with Crippen molar-refractivity contribution in [3.63, 3.8) is 0 Å². The molecule has 0 aliphatic heterocycles. The van der Waals surface area contributed by atoms with E-state index in [0.29, 0.717) is 32.1 Å². The molecule has 0 fully saturated rings. The number of hydrogen-bond donors (Lipinski definition) is 1. The van der Waals surface area contributed by atoms with Crippen molar-refractivity contribution >= 4 is 5.91 Å². The number of ether oxygens (including phenoxy) is 4. The van der Waals surface area contributed by atoms with Crippen LogP contribution in [0.4, 0.5) is 0 Å². The molecular weight excluding hydrogens is 334 g/mol. The van der Waals surface area contributed by atoms with Gasteiger partial charge in [-0.3, -0.25) is 4.79 Å². The third-order valence-electron chi connectivity index (χ3n) is 3.47. The van der Waals surface area contributed by atoms with E-state index < -0.39 is 0 Å².